The molecule has 0 aliphatic rings. The largest absolute Gasteiger partial charge is 0.507 e. The van der Waals surface area contributed by atoms with Crippen molar-refractivity contribution >= 4 is 16.5 Å². The summed E-state index contributed by atoms with van der Waals surface area (Å²) in [5, 5.41) is 12.2. The maximum Gasteiger partial charge on any atom is 0.133 e. The van der Waals surface area contributed by atoms with Crippen LogP contribution in [0.5, 0.6) is 5.75 Å². The second kappa shape index (κ2) is 4.08. The molecule has 0 aliphatic heterocycles. The highest BCUT2D eigenvalue weighted by molar-refractivity contribution is 6.00. The number of benzene rings is 3. The van der Waals surface area contributed by atoms with Crippen LogP contribution in [0.3, 0.4) is 0 Å². The van der Waals surface area contributed by atoms with Gasteiger partial charge in [-0.1, -0.05) is 54.6 Å². The summed E-state index contributed by atoms with van der Waals surface area (Å²) in [4.78, 5) is 0. The molecule has 0 fully saturated rings. The molecule has 0 aromatic heterocycles. The van der Waals surface area contributed by atoms with E-state index in [9.17, 15) is 5.11 Å². The molecule has 3 aromatic rings. The highest BCUT2D eigenvalue weighted by Crippen LogP contribution is 2.40. The molecule has 0 atom stereocenters. The highest BCUT2D eigenvalue weighted by Gasteiger charge is 2.12. The zero-order chi connectivity index (χ0) is 12.5. The number of phenols is 1. The van der Waals surface area contributed by atoms with Gasteiger partial charge in [0.05, 0.1) is 0 Å². The number of phenolic OH excluding ortho intramolecular Hbond substituents is 1. The molecule has 3 aromatic carbocycles. The van der Waals surface area contributed by atoms with E-state index in [1.165, 1.54) is 0 Å². The first-order valence-electron chi connectivity index (χ1n) is 5.83. The van der Waals surface area contributed by atoms with E-state index in [2.05, 4.69) is 0 Å². The van der Waals surface area contributed by atoms with Gasteiger partial charge in [-0.2, -0.15) is 0 Å². The lowest BCUT2D eigenvalue weighted by Gasteiger charge is -2.11. The van der Waals surface area contributed by atoms with Crippen molar-refractivity contribution in [3.8, 4) is 16.9 Å². The Bertz CT molecular complexity index is 705. The second-order valence-electron chi connectivity index (χ2n) is 4.28. The summed E-state index contributed by atoms with van der Waals surface area (Å²) in [5.74, 6) is 0.247. The third-order valence-electron chi connectivity index (χ3n) is 3.11. The van der Waals surface area contributed by atoms with Crippen molar-refractivity contribution in [2.75, 3.05) is 5.73 Å². The highest BCUT2D eigenvalue weighted by atomic mass is 16.3. The predicted molar refractivity (Wildman–Crippen MR) is 75.5 cm³/mol. The molecule has 0 radical (unpaired) electrons. The van der Waals surface area contributed by atoms with Crippen molar-refractivity contribution in [2.24, 2.45) is 0 Å². The Hall–Kier alpha value is -2.48. The van der Waals surface area contributed by atoms with Gasteiger partial charge >= 0.3 is 0 Å². The maximum absolute atomic E-state index is 10.4. The second-order valence-corrected chi connectivity index (χ2v) is 4.28. The van der Waals surface area contributed by atoms with Gasteiger partial charge in [-0.15, -0.1) is 0 Å². The van der Waals surface area contributed by atoms with Crippen LogP contribution in [-0.2, 0) is 0 Å². The number of nitrogens with two attached hydrogens (primary N) is 1. The van der Waals surface area contributed by atoms with Crippen molar-refractivity contribution in [3.63, 3.8) is 0 Å². The molecule has 2 nitrogen and oxygen atoms in total. The Morgan fingerprint density at radius 3 is 2.28 bits per heavy atom. The molecule has 3 rings (SSSR count). The Kier molecular flexibility index (Phi) is 2.41. The quantitative estimate of drug-likeness (QED) is 0.630. The summed E-state index contributed by atoms with van der Waals surface area (Å²) < 4.78 is 0. The fourth-order valence-corrected chi connectivity index (χ4v) is 2.26. The van der Waals surface area contributed by atoms with Crippen LogP contribution in [0.25, 0.3) is 21.9 Å². The van der Waals surface area contributed by atoms with Crippen LogP contribution in [0.1, 0.15) is 0 Å². The third kappa shape index (κ3) is 1.59. The minimum atomic E-state index is 0.247. The zero-order valence-corrected chi connectivity index (χ0v) is 9.80. The van der Waals surface area contributed by atoms with Gasteiger partial charge in [-0.3, -0.25) is 0 Å². The summed E-state index contributed by atoms with van der Waals surface area (Å²) in [6.07, 6.45) is 0. The molecule has 0 unspecified atom stereocenters. The average molecular weight is 235 g/mol. The summed E-state index contributed by atoms with van der Waals surface area (Å²) in [7, 11) is 0. The zero-order valence-electron chi connectivity index (χ0n) is 9.80. The molecule has 0 aliphatic carbocycles. The number of nitrogen functional groups attached to an aromatic ring is 1. The monoisotopic (exact) mass is 235 g/mol. The molecular formula is C16H13NO. The van der Waals surface area contributed by atoms with Crippen molar-refractivity contribution in [2.45, 2.75) is 0 Å². The van der Waals surface area contributed by atoms with Crippen LogP contribution in [0.2, 0.25) is 0 Å². The van der Waals surface area contributed by atoms with Gasteiger partial charge in [0, 0.05) is 16.6 Å². The Labute approximate surface area is 105 Å². The number of anilines is 1. The van der Waals surface area contributed by atoms with Gasteiger partial charge in [0.2, 0.25) is 0 Å². The Balaban J connectivity index is 2.37. The van der Waals surface area contributed by atoms with Crippen LogP contribution < -0.4 is 5.73 Å². The van der Waals surface area contributed by atoms with Crippen LogP contribution in [-0.4, -0.2) is 5.11 Å². The van der Waals surface area contributed by atoms with E-state index >= 15 is 0 Å². The number of hydrogen-bond acceptors (Lipinski definition) is 2. The first kappa shape index (κ1) is 10.7. The lowest BCUT2D eigenvalue weighted by atomic mass is 9.98. The van der Waals surface area contributed by atoms with Crippen LogP contribution in [0, 0.1) is 0 Å². The molecule has 0 amide bonds. The maximum atomic E-state index is 10.4. The number of hydrogen-bond donors (Lipinski definition) is 2. The summed E-state index contributed by atoms with van der Waals surface area (Å²) in [5.41, 5.74) is 8.29. The van der Waals surface area contributed by atoms with E-state index in [1.54, 1.807) is 0 Å². The van der Waals surface area contributed by atoms with Gasteiger partial charge in [0.25, 0.3) is 0 Å². The average Bonchev–Trinajstić information content (AvgIpc) is 2.40. The predicted octanol–water partition coefficient (Wildman–Crippen LogP) is 3.79. The van der Waals surface area contributed by atoms with Gasteiger partial charge in [-0.05, 0) is 17.0 Å². The van der Waals surface area contributed by atoms with Gasteiger partial charge in [-0.25, -0.2) is 0 Å². The smallest absolute Gasteiger partial charge is 0.133 e. The Morgan fingerprint density at radius 1 is 0.833 bits per heavy atom. The van der Waals surface area contributed by atoms with Gasteiger partial charge in [0.15, 0.2) is 0 Å². The van der Waals surface area contributed by atoms with E-state index in [1.807, 2.05) is 60.7 Å². The lowest BCUT2D eigenvalue weighted by molar-refractivity contribution is 0.484. The van der Waals surface area contributed by atoms with Crippen LogP contribution in [0.4, 0.5) is 5.69 Å². The van der Waals surface area contributed by atoms with Crippen molar-refractivity contribution in [1.29, 1.82) is 0 Å². The van der Waals surface area contributed by atoms with Crippen LogP contribution >= 0.6 is 0 Å². The SMILES string of the molecule is Nc1cc2ccccc2c(O)c1-c1ccccc1. The van der Waals surface area contributed by atoms with E-state index in [0.717, 1.165) is 16.3 Å². The first-order valence-corrected chi connectivity index (χ1v) is 5.83. The van der Waals surface area contributed by atoms with Gasteiger partial charge < -0.3 is 10.8 Å². The molecule has 3 N–H and O–H groups in total. The van der Waals surface area contributed by atoms with Crippen molar-refractivity contribution in [3.05, 3.63) is 60.7 Å². The molecule has 0 spiro atoms. The topological polar surface area (TPSA) is 46.2 Å². The molecule has 0 heterocycles. The van der Waals surface area contributed by atoms with Crippen molar-refractivity contribution < 1.29 is 5.11 Å². The fraction of sp³-hybridized carbons (Fsp3) is 0. The minimum Gasteiger partial charge on any atom is -0.507 e. The standard InChI is InChI=1S/C16H13NO/c17-14-10-12-8-4-5-9-13(12)16(18)15(14)11-6-2-1-3-7-11/h1-10,18H,17H2. The first-order chi connectivity index (χ1) is 8.77. The molecule has 0 bridgehead atoms. The third-order valence-corrected chi connectivity index (χ3v) is 3.11. The van der Waals surface area contributed by atoms with E-state index in [0.29, 0.717) is 11.3 Å². The van der Waals surface area contributed by atoms with Crippen molar-refractivity contribution in [1.82, 2.24) is 0 Å². The lowest BCUT2D eigenvalue weighted by Crippen LogP contribution is -1.91. The number of aromatic hydroxyl groups is 1. The van der Waals surface area contributed by atoms with Crippen LogP contribution in [0.15, 0.2) is 60.7 Å². The number of fused-ring (bicyclic) bond motifs is 1. The molecule has 88 valence electrons. The number of rotatable bonds is 1. The Morgan fingerprint density at radius 2 is 1.50 bits per heavy atom. The summed E-state index contributed by atoms with van der Waals surface area (Å²) in [6, 6.07) is 19.3. The molecule has 0 saturated carbocycles. The van der Waals surface area contributed by atoms with E-state index < -0.39 is 0 Å². The minimum absolute atomic E-state index is 0.247. The van der Waals surface area contributed by atoms with Gasteiger partial charge in [0.1, 0.15) is 5.75 Å². The van der Waals surface area contributed by atoms with E-state index in [-0.39, 0.29) is 5.75 Å². The normalized spacial score (nSPS) is 10.7. The molecular weight excluding hydrogens is 222 g/mol. The fourth-order valence-electron chi connectivity index (χ4n) is 2.26. The molecule has 2 heteroatoms. The molecule has 18 heavy (non-hydrogen) atoms. The van der Waals surface area contributed by atoms with E-state index in [4.69, 9.17) is 5.73 Å². The molecule has 0 saturated heterocycles. The summed E-state index contributed by atoms with van der Waals surface area (Å²) in [6.45, 7) is 0. The summed E-state index contributed by atoms with van der Waals surface area (Å²) >= 11 is 0.